The van der Waals surface area contributed by atoms with Crippen molar-refractivity contribution in [2.24, 2.45) is 0 Å². The summed E-state index contributed by atoms with van der Waals surface area (Å²) in [5.74, 6) is 1.45. The Bertz CT molecular complexity index is 681. The fraction of sp³-hybridized carbons (Fsp3) is 0.350. The van der Waals surface area contributed by atoms with Crippen molar-refractivity contribution < 1.29 is 4.79 Å². The molecule has 1 N–H and O–H groups in total. The highest BCUT2D eigenvalue weighted by Gasteiger charge is 2.10. The average molecular weight is 327 g/mol. The van der Waals surface area contributed by atoms with Gasteiger partial charge in [0.05, 0.1) is 11.8 Å². The highest BCUT2D eigenvalue weighted by atomic mass is 32.2. The SMILES string of the molecule is Cc1cccc(CSCC(=O)NC(C)c2ccc(C)c(C)c2)c1. The Morgan fingerprint density at radius 3 is 2.57 bits per heavy atom. The van der Waals surface area contributed by atoms with Crippen LogP contribution in [0.25, 0.3) is 0 Å². The molecule has 1 atom stereocenters. The molecular formula is C20H25NOS. The molecule has 1 amide bonds. The van der Waals surface area contributed by atoms with E-state index in [9.17, 15) is 4.79 Å². The van der Waals surface area contributed by atoms with E-state index in [2.05, 4.69) is 68.6 Å². The molecule has 0 spiro atoms. The molecule has 0 aromatic heterocycles. The van der Waals surface area contributed by atoms with E-state index in [0.29, 0.717) is 5.75 Å². The second kappa shape index (κ2) is 8.21. The van der Waals surface area contributed by atoms with Gasteiger partial charge in [-0.15, -0.1) is 11.8 Å². The molecule has 0 heterocycles. The van der Waals surface area contributed by atoms with Crippen molar-refractivity contribution in [1.82, 2.24) is 5.32 Å². The highest BCUT2D eigenvalue weighted by Crippen LogP contribution is 2.18. The maximum atomic E-state index is 12.1. The molecule has 23 heavy (non-hydrogen) atoms. The summed E-state index contributed by atoms with van der Waals surface area (Å²) in [6.45, 7) is 8.33. The molecule has 0 radical (unpaired) electrons. The molecule has 2 aromatic rings. The van der Waals surface area contributed by atoms with Crippen LogP contribution in [0.5, 0.6) is 0 Å². The van der Waals surface area contributed by atoms with E-state index < -0.39 is 0 Å². The summed E-state index contributed by atoms with van der Waals surface area (Å²) in [4.78, 5) is 12.1. The molecule has 2 rings (SSSR count). The topological polar surface area (TPSA) is 29.1 Å². The highest BCUT2D eigenvalue weighted by molar-refractivity contribution is 7.99. The predicted molar refractivity (Wildman–Crippen MR) is 99.8 cm³/mol. The molecular weight excluding hydrogens is 302 g/mol. The van der Waals surface area contributed by atoms with Gasteiger partial charge in [-0.1, -0.05) is 48.0 Å². The summed E-state index contributed by atoms with van der Waals surface area (Å²) in [5.41, 5.74) is 6.23. The zero-order valence-electron chi connectivity index (χ0n) is 14.3. The quantitative estimate of drug-likeness (QED) is 0.831. The van der Waals surface area contributed by atoms with Crippen molar-refractivity contribution in [2.75, 3.05) is 5.75 Å². The van der Waals surface area contributed by atoms with Gasteiger partial charge in [0.15, 0.2) is 0 Å². The van der Waals surface area contributed by atoms with Crippen molar-refractivity contribution in [1.29, 1.82) is 0 Å². The van der Waals surface area contributed by atoms with Crippen LogP contribution in [-0.4, -0.2) is 11.7 Å². The number of aryl methyl sites for hydroxylation is 3. The van der Waals surface area contributed by atoms with Crippen LogP contribution in [0.3, 0.4) is 0 Å². The molecule has 0 fully saturated rings. The molecule has 2 aromatic carbocycles. The Kier molecular flexibility index (Phi) is 6.28. The van der Waals surface area contributed by atoms with E-state index in [1.54, 1.807) is 11.8 Å². The minimum absolute atomic E-state index is 0.0429. The standard InChI is InChI=1S/C20H25NOS/c1-14-6-5-7-18(10-14)12-23-13-20(22)21-17(4)19-9-8-15(2)16(3)11-19/h5-11,17H,12-13H2,1-4H3,(H,21,22). The molecule has 0 saturated heterocycles. The van der Waals surface area contributed by atoms with Crippen LogP contribution in [-0.2, 0) is 10.5 Å². The first-order valence-corrected chi connectivity index (χ1v) is 9.11. The van der Waals surface area contributed by atoms with Gasteiger partial charge in [0.1, 0.15) is 0 Å². The van der Waals surface area contributed by atoms with Crippen LogP contribution < -0.4 is 5.32 Å². The van der Waals surface area contributed by atoms with E-state index in [0.717, 1.165) is 11.3 Å². The summed E-state index contributed by atoms with van der Waals surface area (Å²) in [7, 11) is 0. The Balaban J connectivity index is 1.81. The lowest BCUT2D eigenvalue weighted by Gasteiger charge is -2.15. The molecule has 1 unspecified atom stereocenters. The van der Waals surface area contributed by atoms with Crippen LogP contribution in [0.1, 0.15) is 40.8 Å². The zero-order chi connectivity index (χ0) is 16.8. The number of benzene rings is 2. The third-order valence-electron chi connectivity index (χ3n) is 3.99. The number of amides is 1. The maximum Gasteiger partial charge on any atom is 0.230 e. The van der Waals surface area contributed by atoms with Gasteiger partial charge in [0.2, 0.25) is 5.91 Å². The fourth-order valence-electron chi connectivity index (χ4n) is 2.46. The van der Waals surface area contributed by atoms with Crippen molar-refractivity contribution in [2.45, 2.75) is 39.5 Å². The second-order valence-electron chi connectivity index (χ2n) is 6.11. The van der Waals surface area contributed by atoms with Gasteiger partial charge in [-0.05, 0) is 49.9 Å². The van der Waals surface area contributed by atoms with Crippen LogP contribution in [0.4, 0.5) is 0 Å². The minimum Gasteiger partial charge on any atom is -0.349 e. The number of thioether (sulfide) groups is 1. The van der Waals surface area contributed by atoms with E-state index in [1.807, 2.05) is 6.92 Å². The Hall–Kier alpha value is -1.74. The van der Waals surface area contributed by atoms with Gasteiger partial charge in [0, 0.05) is 5.75 Å². The first-order chi connectivity index (χ1) is 11.0. The largest absolute Gasteiger partial charge is 0.349 e. The van der Waals surface area contributed by atoms with Gasteiger partial charge in [-0.2, -0.15) is 0 Å². The minimum atomic E-state index is 0.0429. The predicted octanol–water partition coefficient (Wildman–Crippen LogP) is 4.72. The Morgan fingerprint density at radius 1 is 1.09 bits per heavy atom. The molecule has 122 valence electrons. The first kappa shape index (κ1) is 17.6. The Labute approximate surface area is 143 Å². The molecule has 0 aliphatic heterocycles. The fourth-order valence-corrected chi connectivity index (χ4v) is 3.25. The van der Waals surface area contributed by atoms with Crippen LogP contribution in [0.2, 0.25) is 0 Å². The number of rotatable bonds is 6. The zero-order valence-corrected chi connectivity index (χ0v) is 15.2. The van der Waals surface area contributed by atoms with Crippen LogP contribution in [0.15, 0.2) is 42.5 Å². The van der Waals surface area contributed by atoms with E-state index >= 15 is 0 Å². The number of hydrogen-bond donors (Lipinski definition) is 1. The lowest BCUT2D eigenvalue weighted by Crippen LogP contribution is -2.28. The van der Waals surface area contributed by atoms with Gasteiger partial charge in [-0.25, -0.2) is 0 Å². The van der Waals surface area contributed by atoms with E-state index in [1.165, 1.54) is 22.3 Å². The molecule has 0 bridgehead atoms. The number of carbonyl (C=O) groups excluding carboxylic acids is 1. The molecule has 0 aliphatic carbocycles. The molecule has 0 saturated carbocycles. The smallest absolute Gasteiger partial charge is 0.230 e. The lowest BCUT2D eigenvalue weighted by molar-refractivity contribution is -0.119. The number of carbonyl (C=O) groups is 1. The summed E-state index contributed by atoms with van der Waals surface area (Å²) in [5, 5.41) is 3.08. The third-order valence-corrected chi connectivity index (χ3v) is 5.00. The normalized spacial score (nSPS) is 12.0. The monoisotopic (exact) mass is 327 g/mol. The van der Waals surface area contributed by atoms with Crippen LogP contribution in [0, 0.1) is 20.8 Å². The molecule has 0 aliphatic rings. The van der Waals surface area contributed by atoms with Crippen LogP contribution >= 0.6 is 11.8 Å². The maximum absolute atomic E-state index is 12.1. The van der Waals surface area contributed by atoms with Gasteiger partial charge in [0.25, 0.3) is 0 Å². The summed E-state index contributed by atoms with van der Waals surface area (Å²) in [6.07, 6.45) is 0. The van der Waals surface area contributed by atoms with Crippen molar-refractivity contribution in [3.05, 3.63) is 70.3 Å². The van der Waals surface area contributed by atoms with Gasteiger partial charge in [-0.3, -0.25) is 4.79 Å². The molecule has 3 heteroatoms. The van der Waals surface area contributed by atoms with Crippen molar-refractivity contribution in [3.63, 3.8) is 0 Å². The summed E-state index contributed by atoms with van der Waals surface area (Å²) >= 11 is 1.65. The molecule has 2 nitrogen and oxygen atoms in total. The lowest BCUT2D eigenvalue weighted by atomic mass is 10.0. The van der Waals surface area contributed by atoms with Gasteiger partial charge < -0.3 is 5.32 Å². The average Bonchev–Trinajstić information content (AvgIpc) is 2.50. The van der Waals surface area contributed by atoms with E-state index in [4.69, 9.17) is 0 Å². The summed E-state index contributed by atoms with van der Waals surface area (Å²) < 4.78 is 0. The summed E-state index contributed by atoms with van der Waals surface area (Å²) in [6, 6.07) is 14.8. The third kappa shape index (κ3) is 5.43. The number of hydrogen-bond acceptors (Lipinski definition) is 2. The number of nitrogens with one attached hydrogen (secondary N) is 1. The van der Waals surface area contributed by atoms with Crippen molar-refractivity contribution in [3.8, 4) is 0 Å². The van der Waals surface area contributed by atoms with Crippen molar-refractivity contribution >= 4 is 17.7 Å². The first-order valence-electron chi connectivity index (χ1n) is 7.95. The second-order valence-corrected chi connectivity index (χ2v) is 7.10. The Morgan fingerprint density at radius 2 is 1.87 bits per heavy atom. The van der Waals surface area contributed by atoms with E-state index in [-0.39, 0.29) is 11.9 Å². The van der Waals surface area contributed by atoms with Gasteiger partial charge >= 0.3 is 0 Å².